The van der Waals surface area contributed by atoms with Gasteiger partial charge in [-0.3, -0.25) is 4.79 Å². The van der Waals surface area contributed by atoms with E-state index in [4.69, 9.17) is 10.2 Å². The quantitative estimate of drug-likeness (QED) is 0.405. The Balaban J connectivity index is 2.33. The number of aliphatic carboxylic acids is 1. The van der Waals surface area contributed by atoms with Gasteiger partial charge in [0, 0.05) is 11.7 Å². The molecule has 0 aromatic heterocycles. The van der Waals surface area contributed by atoms with Crippen molar-refractivity contribution >= 4 is 17.7 Å². The standard InChI is InChI=1S/C12H22O6S/c13-6-8-11(17)12(18)10(16)7(19-8)4-2-1-3-5-9(14)15/h7-8,10-13,16-18H,1-6H2,(H,14,15)/t7-,8+,10+,11-,12-/m1/s1. The average molecular weight is 294 g/mol. The summed E-state index contributed by atoms with van der Waals surface area (Å²) in [5, 5.41) is 46.1. The highest BCUT2D eigenvalue weighted by Crippen LogP contribution is 2.35. The van der Waals surface area contributed by atoms with E-state index in [0.717, 1.165) is 12.8 Å². The van der Waals surface area contributed by atoms with E-state index >= 15 is 0 Å². The Kier molecular flexibility index (Phi) is 7.09. The van der Waals surface area contributed by atoms with E-state index < -0.39 is 29.5 Å². The van der Waals surface area contributed by atoms with Gasteiger partial charge in [0.15, 0.2) is 0 Å². The molecule has 0 aromatic carbocycles. The third-order valence-electron chi connectivity index (χ3n) is 3.37. The molecule has 1 rings (SSSR count). The molecule has 1 heterocycles. The Bertz CT molecular complexity index is 285. The van der Waals surface area contributed by atoms with Crippen LogP contribution in [0.4, 0.5) is 0 Å². The van der Waals surface area contributed by atoms with Gasteiger partial charge in [0.2, 0.25) is 0 Å². The van der Waals surface area contributed by atoms with E-state index in [2.05, 4.69) is 0 Å². The average Bonchev–Trinajstić information content (AvgIpc) is 2.37. The fraction of sp³-hybridized carbons (Fsp3) is 0.917. The third kappa shape index (κ3) is 4.92. The van der Waals surface area contributed by atoms with E-state index in [-0.39, 0.29) is 18.3 Å². The molecule has 7 heteroatoms. The van der Waals surface area contributed by atoms with Gasteiger partial charge in [0.05, 0.1) is 24.1 Å². The highest BCUT2D eigenvalue weighted by Gasteiger charge is 2.42. The van der Waals surface area contributed by atoms with Crippen LogP contribution in [0.3, 0.4) is 0 Å². The minimum atomic E-state index is -1.23. The van der Waals surface area contributed by atoms with Crippen molar-refractivity contribution in [2.75, 3.05) is 6.61 Å². The molecule has 1 aliphatic rings. The van der Waals surface area contributed by atoms with Crippen molar-refractivity contribution in [3.63, 3.8) is 0 Å². The second-order valence-electron chi connectivity index (χ2n) is 4.86. The first-order chi connectivity index (χ1) is 8.97. The zero-order chi connectivity index (χ0) is 14.4. The molecule has 112 valence electrons. The summed E-state index contributed by atoms with van der Waals surface area (Å²) >= 11 is 1.29. The molecule has 0 saturated carbocycles. The number of carboxylic acid groups (broad SMARTS) is 1. The smallest absolute Gasteiger partial charge is 0.303 e. The lowest BCUT2D eigenvalue weighted by Gasteiger charge is -2.39. The summed E-state index contributed by atoms with van der Waals surface area (Å²) in [4.78, 5) is 10.3. The van der Waals surface area contributed by atoms with Gasteiger partial charge in [-0.25, -0.2) is 0 Å². The van der Waals surface area contributed by atoms with Gasteiger partial charge in [-0.15, -0.1) is 11.8 Å². The van der Waals surface area contributed by atoms with Gasteiger partial charge in [0.1, 0.15) is 6.10 Å². The predicted molar refractivity (Wildman–Crippen MR) is 71.0 cm³/mol. The molecule has 1 saturated heterocycles. The first-order valence-corrected chi connectivity index (χ1v) is 7.44. The molecule has 1 aliphatic heterocycles. The van der Waals surface area contributed by atoms with Crippen LogP contribution in [0.2, 0.25) is 0 Å². The maximum absolute atomic E-state index is 10.3. The van der Waals surface area contributed by atoms with Crippen LogP contribution in [0.15, 0.2) is 0 Å². The van der Waals surface area contributed by atoms with Gasteiger partial charge in [0.25, 0.3) is 0 Å². The Morgan fingerprint density at radius 3 is 2.16 bits per heavy atom. The van der Waals surface area contributed by atoms with Crippen LogP contribution in [0.1, 0.15) is 32.1 Å². The number of aliphatic hydroxyl groups is 4. The molecule has 6 nitrogen and oxygen atoms in total. The largest absolute Gasteiger partial charge is 0.481 e. The summed E-state index contributed by atoms with van der Waals surface area (Å²) in [6.07, 6.45) is -0.496. The Morgan fingerprint density at radius 2 is 1.58 bits per heavy atom. The van der Waals surface area contributed by atoms with Crippen molar-refractivity contribution in [3.05, 3.63) is 0 Å². The number of thioether (sulfide) groups is 1. The van der Waals surface area contributed by atoms with Crippen LogP contribution in [0.5, 0.6) is 0 Å². The van der Waals surface area contributed by atoms with Gasteiger partial charge < -0.3 is 25.5 Å². The zero-order valence-corrected chi connectivity index (χ0v) is 11.5. The van der Waals surface area contributed by atoms with Crippen molar-refractivity contribution < 1.29 is 30.3 Å². The lowest BCUT2D eigenvalue weighted by Crippen LogP contribution is -2.53. The zero-order valence-electron chi connectivity index (χ0n) is 10.7. The Labute approximate surface area is 116 Å². The van der Waals surface area contributed by atoms with Crippen molar-refractivity contribution in [1.82, 2.24) is 0 Å². The summed E-state index contributed by atoms with van der Waals surface area (Å²) in [6.45, 7) is -0.245. The normalized spacial score (nSPS) is 35.3. The number of unbranched alkanes of at least 4 members (excludes halogenated alkanes) is 2. The minimum Gasteiger partial charge on any atom is -0.481 e. The lowest BCUT2D eigenvalue weighted by molar-refractivity contribution is -0.137. The van der Waals surface area contributed by atoms with E-state index in [0.29, 0.717) is 12.8 Å². The number of hydrogen-bond acceptors (Lipinski definition) is 6. The third-order valence-corrected chi connectivity index (χ3v) is 5.01. The molecule has 0 aromatic rings. The molecule has 0 amide bonds. The van der Waals surface area contributed by atoms with Crippen molar-refractivity contribution in [2.45, 2.75) is 60.9 Å². The summed E-state index contributed by atoms with van der Waals surface area (Å²) in [7, 11) is 0. The molecular weight excluding hydrogens is 272 g/mol. The number of carboxylic acids is 1. The Hall–Kier alpha value is -0.340. The molecular formula is C12H22O6S. The van der Waals surface area contributed by atoms with Gasteiger partial charge in [-0.05, 0) is 12.8 Å². The minimum absolute atomic E-state index is 0.140. The molecule has 5 N–H and O–H groups in total. The van der Waals surface area contributed by atoms with Gasteiger partial charge in [-0.1, -0.05) is 12.8 Å². The SMILES string of the molecule is O=C(O)CCCCC[C@H]1S[C@@H](CO)[C@@H](O)[C@H](O)[C@H]1O. The van der Waals surface area contributed by atoms with E-state index in [1.807, 2.05) is 0 Å². The fourth-order valence-electron chi connectivity index (χ4n) is 2.22. The monoisotopic (exact) mass is 294 g/mol. The summed E-state index contributed by atoms with van der Waals surface area (Å²) < 4.78 is 0. The lowest BCUT2D eigenvalue weighted by atomic mass is 9.98. The molecule has 0 unspecified atom stereocenters. The first-order valence-electron chi connectivity index (χ1n) is 6.49. The van der Waals surface area contributed by atoms with Crippen molar-refractivity contribution in [1.29, 1.82) is 0 Å². The molecule has 5 atom stereocenters. The van der Waals surface area contributed by atoms with Crippen LogP contribution in [0.25, 0.3) is 0 Å². The van der Waals surface area contributed by atoms with Crippen LogP contribution >= 0.6 is 11.8 Å². The van der Waals surface area contributed by atoms with Crippen molar-refractivity contribution in [3.8, 4) is 0 Å². The van der Waals surface area contributed by atoms with Gasteiger partial charge >= 0.3 is 5.97 Å². The maximum Gasteiger partial charge on any atom is 0.303 e. The van der Waals surface area contributed by atoms with E-state index in [1.165, 1.54) is 11.8 Å². The molecule has 0 bridgehead atoms. The second kappa shape index (κ2) is 8.06. The highest BCUT2D eigenvalue weighted by atomic mass is 32.2. The molecule has 0 aliphatic carbocycles. The first kappa shape index (κ1) is 16.7. The summed E-state index contributed by atoms with van der Waals surface area (Å²) in [5.41, 5.74) is 0. The second-order valence-corrected chi connectivity index (χ2v) is 6.34. The summed E-state index contributed by atoms with van der Waals surface area (Å²) in [6, 6.07) is 0. The fourth-order valence-corrected chi connectivity index (χ4v) is 3.70. The Morgan fingerprint density at radius 1 is 0.947 bits per heavy atom. The van der Waals surface area contributed by atoms with Crippen LogP contribution in [0, 0.1) is 0 Å². The number of hydrogen-bond donors (Lipinski definition) is 5. The topological polar surface area (TPSA) is 118 Å². The van der Waals surface area contributed by atoms with Gasteiger partial charge in [-0.2, -0.15) is 0 Å². The van der Waals surface area contributed by atoms with Crippen LogP contribution in [-0.2, 0) is 4.79 Å². The van der Waals surface area contributed by atoms with Crippen molar-refractivity contribution in [2.24, 2.45) is 0 Å². The molecule has 1 fully saturated rings. The molecule has 0 spiro atoms. The van der Waals surface area contributed by atoms with E-state index in [1.54, 1.807) is 0 Å². The predicted octanol–water partition coefficient (Wildman–Crippen LogP) is -0.420. The maximum atomic E-state index is 10.3. The molecule has 19 heavy (non-hydrogen) atoms. The highest BCUT2D eigenvalue weighted by molar-refractivity contribution is 8.00. The van der Waals surface area contributed by atoms with E-state index in [9.17, 15) is 20.1 Å². The molecule has 0 radical (unpaired) electrons. The number of rotatable bonds is 7. The number of carbonyl (C=O) groups is 1. The van der Waals surface area contributed by atoms with Crippen LogP contribution in [-0.4, -0.2) is 66.9 Å². The van der Waals surface area contributed by atoms with Crippen LogP contribution < -0.4 is 0 Å². The summed E-state index contributed by atoms with van der Waals surface area (Å²) in [5.74, 6) is -0.814. The number of aliphatic hydroxyl groups excluding tert-OH is 4.